The van der Waals surface area contributed by atoms with E-state index in [1.165, 1.54) is 5.56 Å². The van der Waals surface area contributed by atoms with E-state index in [2.05, 4.69) is 23.6 Å². The van der Waals surface area contributed by atoms with Crippen molar-refractivity contribution in [1.29, 1.82) is 0 Å². The molecule has 4 nitrogen and oxygen atoms in total. The molecule has 0 heterocycles. The monoisotopic (exact) mass is 276 g/mol. The summed E-state index contributed by atoms with van der Waals surface area (Å²) in [4.78, 5) is 8.42. The third-order valence-corrected chi connectivity index (χ3v) is 3.84. The second-order valence-corrected chi connectivity index (χ2v) is 5.28. The molecule has 0 aliphatic carbocycles. The summed E-state index contributed by atoms with van der Waals surface area (Å²) in [5, 5.41) is 0.377. The quantitative estimate of drug-likeness (QED) is 0.449. The predicted molar refractivity (Wildman–Crippen MR) is 70.2 cm³/mol. The normalized spacial score (nSPS) is 14.5. The molecule has 2 atom stereocenters. The largest absolute Gasteiger partial charge is 0.344 e. The first-order chi connectivity index (χ1) is 8.24. The number of ether oxygens (including phenoxy) is 1. The standard InChI is InChI=1S/C11H17O4PS/c1-2-11(10-6-4-3-5-7-10)17-9-14-8-15-16(12)13/h3-7,11,16H,2,8-9H2,1H3,(H,12,13). The fourth-order valence-corrected chi connectivity index (χ4v) is 2.47. The molecular weight excluding hydrogens is 259 g/mol. The second-order valence-electron chi connectivity index (χ2n) is 3.32. The average molecular weight is 276 g/mol. The lowest BCUT2D eigenvalue weighted by Gasteiger charge is -2.14. The summed E-state index contributed by atoms with van der Waals surface area (Å²) in [7, 11) is -2.88. The first kappa shape index (κ1) is 14.7. The van der Waals surface area contributed by atoms with E-state index < -0.39 is 8.25 Å². The fraction of sp³-hybridized carbons (Fsp3) is 0.455. The summed E-state index contributed by atoms with van der Waals surface area (Å²) < 4.78 is 19.8. The van der Waals surface area contributed by atoms with Crippen LogP contribution in [0, 0.1) is 0 Å². The Morgan fingerprint density at radius 2 is 2.12 bits per heavy atom. The Hall–Kier alpha value is -0.320. The van der Waals surface area contributed by atoms with Crippen LogP contribution in [0.25, 0.3) is 0 Å². The minimum absolute atomic E-state index is 0.132. The van der Waals surface area contributed by atoms with Gasteiger partial charge in [0.05, 0.1) is 5.94 Å². The summed E-state index contributed by atoms with van der Waals surface area (Å²) in [6.07, 6.45) is 1.01. The van der Waals surface area contributed by atoms with Gasteiger partial charge < -0.3 is 9.63 Å². The van der Waals surface area contributed by atoms with Gasteiger partial charge in [-0.15, -0.1) is 11.8 Å². The fourth-order valence-electron chi connectivity index (χ4n) is 1.37. The lowest BCUT2D eigenvalue weighted by Crippen LogP contribution is -1.98. The predicted octanol–water partition coefficient (Wildman–Crippen LogP) is 3.20. The molecule has 0 bridgehead atoms. The van der Waals surface area contributed by atoms with Crippen molar-refractivity contribution >= 4 is 20.0 Å². The van der Waals surface area contributed by atoms with Crippen LogP contribution in [0.3, 0.4) is 0 Å². The highest BCUT2D eigenvalue weighted by molar-refractivity contribution is 7.99. The second kappa shape index (κ2) is 8.72. The highest BCUT2D eigenvalue weighted by Crippen LogP contribution is 2.31. The third-order valence-electron chi connectivity index (χ3n) is 2.16. The van der Waals surface area contributed by atoms with Gasteiger partial charge in [-0.05, 0) is 12.0 Å². The lowest BCUT2D eigenvalue weighted by molar-refractivity contribution is 0.0400. The van der Waals surface area contributed by atoms with Gasteiger partial charge in [-0.3, -0.25) is 9.09 Å². The molecule has 0 fully saturated rings. The van der Waals surface area contributed by atoms with Crippen molar-refractivity contribution in [3.63, 3.8) is 0 Å². The lowest BCUT2D eigenvalue weighted by atomic mass is 10.1. The molecule has 0 aliphatic heterocycles. The molecule has 1 N–H and O–H groups in total. The van der Waals surface area contributed by atoms with Crippen molar-refractivity contribution in [2.45, 2.75) is 18.6 Å². The Morgan fingerprint density at radius 3 is 2.71 bits per heavy atom. The minimum atomic E-state index is -2.88. The van der Waals surface area contributed by atoms with Gasteiger partial charge in [-0.25, -0.2) is 0 Å². The highest BCUT2D eigenvalue weighted by atomic mass is 32.2. The van der Waals surface area contributed by atoms with E-state index in [9.17, 15) is 4.57 Å². The molecule has 2 unspecified atom stereocenters. The number of hydrogen-bond donors (Lipinski definition) is 1. The average Bonchev–Trinajstić information content (AvgIpc) is 2.34. The number of hydrogen-bond acceptors (Lipinski definition) is 4. The van der Waals surface area contributed by atoms with Crippen LogP contribution < -0.4 is 0 Å². The van der Waals surface area contributed by atoms with Crippen molar-refractivity contribution in [3.8, 4) is 0 Å². The van der Waals surface area contributed by atoms with Crippen LogP contribution in [0.15, 0.2) is 30.3 Å². The van der Waals surface area contributed by atoms with Crippen LogP contribution in [0.4, 0.5) is 0 Å². The topological polar surface area (TPSA) is 55.8 Å². The Kier molecular flexibility index (Phi) is 7.56. The molecule has 96 valence electrons. The van der Waals surface area contributed by atoms with E-state index in [1.54, 1.807) is 11.8 Å². The van der Waals surface area contributed by atoms with E-state index in [0.29, 0.717) is 11.2 Å². The molecule has 1 aromatic carbocycles. The maximum absolute atomic E-state index is 10.3. The van der Waals surface area contributed by atoms with Gasteiger partial charge in [0.25, 0.3) is 0 Å². The molecule has 17 heavy (non-hydrogen) atoms. The number of benzene rings is 1. The van der Waals surface area contributed by atoms with Crippen molar-refractivity contribution < 1.29 is 18.7 Å². The number of rotatable bonds is 8. The van der Waals surface area contributed by atoms with Gasteiger partial charge in [0.15, 0.2) is 6.79 Å². The molecule has 6 heteroatoms. The minimum Gasteiger partial charge on any atom is -0.344 e. The van der Waals surface area contributed by atoms with Crippen LogP contribution in [0.5, 0.6) is 0 Å². The molecule has 0 spiro atoms. The van der Waals surface area contributed by atoms with Gasteiger partial charge in [0, 0.05) is 5.25 Å². The molecule has 1 rings (SSSR count). The summed E-state index contributed by atoms with van der Waals surface area (Å²) in [6, 6.07) is 10.2. The van der Waals surface area contributed by atoms with Crippen LogP contribution in [0.1, 0.15) is 24.2 Å². The van der Waals surface area contributed by atoms with Crippen LogP contribution >= 0.6 is 20.0 Å². The zero-order valence-electron chi connectivity index (χ0n) is 9.67. The van der Waals surface area contributed by atoms with Gasteiger partial charge in [-0.1, -0.05) is 37.3 Å². The van der Waals surface area contributed by atoms with E-state index in [-0.39, 0.29) is 6.79 Å². The molecule has 0 aliphatic rings. The molecule has 0 amide bonds. The maximum atomic E-state index is 10.3. The van der Waals surface area contributed by atoms with Gasteiger partial charge in [-0.2, -0.15) is 0 Å². The van der Waals surface area contributed by atoms with E-state index >= 15 is 0 Å². The van der Waals surface area contributed by atoms with Crippen molar-refractivity contribution in [2.24, 2.45) is 0 Å². The molecule has 1 aromatic rings. The molecular formula is C11H17O4PS. The third kappa shape index (κ3) is 6.24. The van der Waals surface area contributed by atoms with Crippen molar-refractivity contribution in [1.82, 2.24) is 0 Å². The van der Waals surface area contributed by atoms with Crippen LogP contribution in [-0.4, -0.2) is 17.6 Å². The highest BCUT2D eigenvalue weighted by Gasteiger charge is 2.08. The van der Waals surface area contributed by atoms with Crippen LogP contribution in [-0.2, 0) is 13.8 Å². The van der Waals surface area contributed by atoms with Crippen LogP contribution in [0.2, 0.25) is 0 Å². The number of thioether (sulfide) groups is 1. The zero-order valence-corrected chi connectivity index (χ0v) is 11.5. The van der Waals surface area contributed by atoms with E-state index in [1.807, 2.05) is 18.2 Å². The Balaban J connectivity index is 2.26. The SMILES string of the molecule is CCC(SCOCO[PH](=O)O)c1ccccc1. The van der Waals surface area contributed by atoms with Gasteiger partial charge >= 0.3 is 8.25 Å². The molecule has 0 aromatic heterocycles. The smallest absolute Gasteiger partial charge is 0.318 e. The molecule has 0 radical (unpaired) electrons. The van der Waals surface area contributed by atoms with Crippen molar-refractivity contribution in [3.05, 3.63) is 35.9 Å². The summed E-state index contributed by atoms with van der Waals surface area (Å²) in [6.45, 7) is 1.99. The summed E-state index contributed by atoms with van der Waals surface area (Å²) in [5.74, 6) is 0.447. The molecule has 0 saturated carbocycles. The van der Waals surface area contributed by atoms with Gasteiger partial charge in [0.1, 0.15) is 0 Å². The summed E-state index contributed by atoms with van der Waals surface area (Å²) >= 11 is 1.65. The maximum Gasteiger partial charge on any atom is 0.318 e. The Morgan fingerprint density at radius 1 is 1.41 bits per heavy atom. The molecule has 0 saturated heterocycles. The Labute approximate surface area is 106 Å². The first-order valence-corrected chi connectivity index (χ1v) is 7.65. The van der Waals surface area contributed by atoms with Gasteiger partial charge in [0.2, 0.25) is 0 Å². The van der Waals surface area contributed by atoms with E-state index in [4.69, 9.17) is 9.63 Å². The van der Waals surface area contributed by atoms with Crippen molar-refractivity contribution in [2.75, 3.05) is 12.7 Å². The summed E-state index contributed by atoms with van der Waals surface area (Å²) in [5.41, 5.74) is 1.26. The first-order valence-electron chi connectivity index (χ1n) is 5.34. The van der Waals surface area contributed by atoms with E-state index in [0.717, 1.165) is 6.42 Å². The zero-order chi connectivity index (χ0) is 12.5. The Bertz CT molecular complexity index is 334.